The van der Waals surface area contributed by atoms with Crippen LogP contribution in [0.25, 0.3) is 0 Å². The number of nitrogens with two attached hydrogens (primary N) is 1. The molecule has 6 nitrogen and oxygen atoms in total. The van der Waals surface area contributed by atoms with E-state index < -0.39 is 30.5 Å². The van der Waals surface area contributed by atoms with Crippen molar-refractivity contribution in [2.24, 2.45) is 17.1 Å². The Balaban J connectivity index is 4.90. The molecule has 3 atom stereocenters. The van der Waals surface area contributed by atoms with E-state index in [1.807, 2.05) is 0 Å². The summed E-state index contributed by atoms with van der Waals surface area (Å²) in [5.41, 5.74) is 5.82. The molecule has 0 aromatic heterocycles. The smallest absolute Gasteiger partial charge is 0.451 e. The van der Waals surface area contributed by atoms with Crippen molar-refractivity contribution in [2.45, 2.75) is 52.4 Å². The highest BCUT2D eigenvalue weighted by Gasteiger charge is 2.40. The SMILES string of the molecule is CC(=N)C[C@H](N)[C@@](C)(CCCB(O)O)[C@H](C)C(=O)O. The molecule has 0 radical (unpaired) electrons. The minimum absolute atomic E-state index is 0.193. The van der Waals surface area contributed by atoms with E-state index in [0.29, 0.717) is 25.0 Å². The first-order valence-electron chi connectivity index (χ1n) is 6.49. The number of aliphatic carboxylic acids is 1. The third-order valence-corrected chi connectivity index (χ3v) is 3.91. The molecule has 7 heteroatoms. The number of rotatable bonds is 9. The number of carbonyl (C=O) groups is 1. The van der Waals surface area contributed by atoms with Crippen molar-refractivity contribution in [2.75, 3.05) is 0 Å². The number of hydrogen-bond acceptors (Lipinski definition) is 5. The fourth-order valence-electron chi connectivity index (χ4n) is 2.23. The fraction of sp³-hybridized carbons (Fsp3) is 0.833. The highest BCUT2D eigenvalue weighted by Crippen LogP contribution is 2.37. The van der Waals surface area contributed by atoms with Crippen LogP contribution in [0.3, 0.4) is 0 Å². The quantitative estimate of drug-likeness (QED) is 0.312. The highest BCUT2D eigenvalue weighted by molar-refractivity contribution is 6.40. The molecule has 0 amide bonds. The third-order valence-electron chi connectivity index (χ3n) is 3.91. The van der Waals surface area contributed by atoms with Crippen molar-refractivity contribution in [1.82, 2.24) is 0 Å². The Labute approximate surface area is 114 Å². The minimum atomic E-state index is -1.38. The predicted octanol–water partition coefficient (Wildman–Crippen LogP) is 0.723. The average Bonchev–Trinajstić information content (AvgIpc) is 2.25. The molecule has 0 aliphatic heterocycles. The summed E-state index contributed by atoms with van der Waals surface area (Å²) in [6, 6.07) is -0.438. The van der Waals surface area contributed by atoms with Crippen molar-refractivity contribution < 1.29 is 19.9 Å². The van der Waals surface area contributed by atoms with Crippen molar-refractivity contribution >= 4 is 18.8 Å². The van der Waals surface area contributed by atoms with Crippen molar-refractivity contribution in [1.29, 1.82) is 5.41 Å². The Hall–Kier alpha value is -0.915. The summed E-state index contributed by atoms with van der Waals surface area (Å²) in [4.78, 5) is 11.2. The summed E-state index contributed by atoms with van der Waals surface area (Å²) in [5, 5.41) is 34.4. The lowest BCUT2D eigenvalue weighted by Crippen LogP contribution is -2.47. The van der Waals surface area contributed by atoms with E-state index in [1.54, 1.807) is 20.8 Å². The highest BCUT2D eigenvalue weighted by atomic mass is 16.4. The number of nitrogens with one attached hydrogen (secondary N) is 1. The van der Waals surface area contributed by atoms with Gasteiger partial charge in [-0.25, -0.2) is 0 Å². The zero-order chi connectivity index (χ0) is 15.2. The molecule has 0 saturated carbocycles. The van der Waals surface area contributed by atoms with Crippen LogP contribution in [0.1, 0.15) is 40.0 Å². The van der Waals surface area contributed by atoms with Gasteiger partial charge in [0.25, 0.3) is 0 Å². The Bertz CT molecular complexity index is 325. The topological polar surface area (TPSA) is 128 Å². The van der Waals surface area contributed by atoms with E-state index in [-0.39, 0.29) is 6.32 Å². The van der Waals surface area contributed by atoms with Gasteiger partial charge in [0.1, 0.15) is 0 Å². The zero-order valence-electron chi connectivity index (χ0n) is 11.9. The monoisotopic (exact) mass is 272 g/mol. The molecule has 0 aliphatic rings. The summed E-state index contributed by atoms with van der Waals surface area (Å²) >= 11 is 0. The molecule has 0 aliphatic carbocycles. The fourth-order valence-corrected chi connectivity index (χ4v) is 2.23. The van der Waals surface area contributed by atoms with Gasteiger partial charge >= 0.3 is 13.1 Å². The third kappa shape index (κ3) is 5.71. The maximum Gasteiger partial charge on any atom is 0.451 e. The van der Waals surface area contributed by atoms with Gasteiger partial charge in [-0.15, -0.1) is 0 Å². The molecule has 0 rings (SSSR count). The maximum absolute atomic E-state index is 11.2. The second kappa shape index (κ2) is 7.62. The van der Waals surface area contributed by atoms with Crippen LogP contribution < -0.4 is 5.73 Å². The molecule has 6 N–H and O–H groups in total. The van der Waals surface area contributed by atoms with Gasteiger partial charge in [-0.3, -0.25) is 4.79 Å². The van der Waals surface area contributed by atoms with E-state index in [4.69, 9.17) is 21.2 Å². The van der Waals surface area contributed by atoms with Gasteiger partial charge in [-0.05, 0) is 25.1 Å². The van der Waals surface area contributed by atoms with Gasteiger partial charge < -0.3 is 26.3 Å². The molecule has 0 saturated heterocycles. The van der Waals surface area contributed by atoms with Crippen LogP contribution in [-0.2, 0) is 4.79 Å². The minimum Gasteiger partial charge on any atom is -0.481 e. The van der Waals surface area contributed by atoms with Crippen LogP contribution in [0.15, 0.2) is 0 Å². The van der Waals surface area contributed by atoms with Gasteiger partial charge in [0.15, 0.2) is 0 Å². The lowest BCUT2D eigenvalue weighted by Gasteiger charge is -2.39. The first-order valence-corrected chi connectivity index (χ1v) is 6.49. The van der Waals surface area contributed by atoms with Crippen LogP contribution in [-0.4, -0.2) is 40.0 Å². The summed E-state index contributed by atoms with van der Waals surface area (Å²) in [6.45, 7) is 5.04. The lowest BCUT2D eigenvalue weighted by molar-refractivity contribution is -0.146. The molecule has 0 heterocycles. The number of carboxylic acids is 1. The first kappa shape index (κ1) is 18.1. The number of hydrogen-bond donors (Lipinski definition) is 5. The van der Waals surface area contributed by atoms with E-state index >= 15 is 0 Å². The summed E-state index contributed by atoms with van der Waals surface area (Å²) in [7, 11) is -1.38. The van der Waals surface area contributed by atoms with E-state index in [1.165, 1.54) is 0 Å². The Morgan fingerprint density at radius 1 is 1.47 bits per heavy atom. The Kier molecular flexibility index (Phi) is 7.25. The average molecular weight is 272 g/mol. The maximum atomic E-state index is 11.2. The van der Waals surface area contributed by atoms with Crippen LogP contribution in [0.2, 0.25) is 6.32 Å². The van der Waals surface area contributed by atoms with Gasteiger partial charge in [0, 0.05) is 18.2 Å². The second-order valence-electron chi connectivity index (χ2n) is 5.53. The second-order valence-corrected chi connectivity index (χ2v) is 5.53. The van der Waals surface area contributed by atoms with Crippen LogP contribution in [0.4, 0.5) is 0 Å². The Morgan fingerprint density at radius 3 is 2.37 bits per heavy atom. The normalized spacial score (nSPS) is 17.4. The molecule has 110 valence electrons. The van der Waals surface area contributed by atoms with Gasteiger partial charge in [0.05, 0.1) is 5.92 Å². The zero-order valence-corrected chi connectivity index (χ0v) is 11.9. The van der Waals surface area contributed by atoms with Crippen LogP contribution in [0.5, 0.6) is 0 Å². The van der Waals surface area contributed by atoms with Gasteiger partial charge in [0.2, 0.25) is 0 Å². The van der Waals surface area contributed by atoms with Crippen molar-refractivity contribution in [3.8, 4) is 0 Å². The van der Waals surface area contributed by atoms with Gasteiger partial charge in [-0.2, -0.15) is 0 Å². The van der Waals surface area contributed by atoms with E-state index in [0.717, 1.165) is 0 Å². The summed E-state index contributed by atoms with van der Waals surface area (Å²) in [5.74, 6) is -1.58. The molecular formula is C12H25BN2O4. The number of carboxylic acid groups (broad SMARTS) is 1. The van der Waals surface area contributed by atoms with Crippen molar-refractivity contribution in [3.05, 3.63) is 0 Å². The van der Waals surface area contributed by atoms with Crippen molar-refractivity contribution in [3.63, 3.8) is 0 Å². The van der Waals surface area contributed by atoms with Crippen LogP contribution >= 0.6 is 0 Å². The van der Waals surface area contributed by atoms with E-state index in [2.05, 4.69) is 0 Å². The largest absolute Gasteiger partial charge is 0.481 e. The Morgan fingerprint density at radius 2 is 2.00 bits per heavy atom. The molecule has 0 aromatic carbocycles. The first-order chi connectivity index (χ1) is 8.61. The lowest BCUT2D eigenvalue weighted by atomic mass is 9.66. The molecule has 0 fully saturated rings. The molecule has 19 heavy (non-hydrogen) atoms. The van der Waals surface area contributed by atoms with Crippen LogP contribution in [0, 0.1) is 16.7 Å². The molecular weight excluding hydrogens is 247 g/mol. The molecule has 0 aromatic rings. The summed E-state index contributed by atoms with van der Waals surface area (Å²) < 4.78 is 0. The summed E-state index contributed by atoms with van der Waals surface area (Å²) in [6.07, 6.45) is 1.50. The molecule has 0 spiro atoms. The molecule has 0 unspecified atom stereocenters. The van der Waals surface area contributed by atoms with Gasteiger partial charge in [-0.1, -0.05) is 20.3 Å². The predicted molar refractivity (Wildman–Crippen MR) is 75.1 cm³/mol. The van der Waals surface area contributed by atoms with E-state index in [9.17, 15) is 9.90 Å². The molecule has 0 bridgehead atoms. The standard InChI is InChI=1S/C12H25BN2O4/c1-8(14)7-10(15)12(3,9(2)11(16)17)5-4-6-13(18)19/h9-10,14,18-19H,4-7,15H2,1-3H3,(H,16,17)/t9-,10+,12+/m1/s1.